The van der Waals surface area contributed by atoms with Crippen LogP contribution in [0.5, 0.6) is 0 Å². The van der Waals surface area contributed by atoms with Crippen molar-refractivity contribution in [3.05, 3.63) is 102 Å². The third-order valence-electron chi connectivity index (χ3n) is 5.05. The number of H-pyrrole nitrogens is 1. The molecule has 0 saturated carbocycles. The molecule has 0 unspecified atom stereocenters. The summed E-state index contributed by atoms with van der Waals surface area (Å²) in [5, 5.41) is 10.6. The molecule has 4 rings (SSSR count). The molecular weight excluding hydrogens is 372 g/mol. The number of nitrogens with one attached hydrogen (secondary N) is 2. The summed E-state index contributed by atoms with van der Waals surface area (Å²) < 4.78 is 0. The van der Waals surface area contributed by atoms with Crippen LogP contribution in [0.25, 0.3) is 22.5 Å². The highest BCUT2D eigenvalue weighted by atomic mass is 16.1. The SMILES string of the molecule is NC[C@@H](Cc1ccccc1)NC(=O)c1ccccc1-c1cc(-c2ccccc2)n[nH]1. The van der Waals surface area contributed by atoms with Crippen LogP contribution in [0.3, 0.4) is 0 Å². The molecule has 1 aromatic heterocycles. The summed E-state index contributed by atoms with van der Waals surface area (Å²) in [5.41, 5.74) is 11.1. The summed E-state index contributed by atoms with van der Waals surface area (Å²) in [6.45, 7) is 0.366. The van der Waals surface area contributed by atoms with Crippen LogP contribution in [0, 0.1) is 0 Å². The van der Waals surface area contributed by atoms with Crippen molar-refractivity contribution in [3.8, 4) is 22.5 Å². The van der Waals surface area contributed by atoms with Crippen LogP contribution in [-0.2, 0) is 6.42 Å². The number of nitrogens with zero attached hydrogens (tertiary/aromatic N) is 1. The van der Waals surface area contributed by atoms with Gasteiger partial charge in [0.25, 0.3) is 5.91 Å². The number of aromatic amines is 1. The molecule has 4 N–H and O–H groups in total. The average molecular weight is 396 g/mol. The molecular formula is C25H24N4O. The molecule has 5 nitrogen and oxygen atoms in total. The lowest BCUT2D eigenvalue weighted by Crippen LogP contribution is -2.41. The van der Waals surface area contributed by atoms with Gasteiger partial charge in [0.05, 0.1) is 11.4 Å². The highest BCUT2D eigenvalue weighted by Gasteiger charge is 2.18. The van der Waals surface area contributed by atoms with Crippen LogP contribution >= 0.6 is 0 Å². The lowest BCUT2D eigenvalue weighted by molar-refractivity contribution is 0.0938. The number of hydrogen-bond acceptors (Lipinski definition) is 3. The van der Waals surface area contributed by atoms with Gasteiger partial charge in [0.1, 0.15) is 0 Å². The van der Waals surface area contributed by atoms with Gasteiger partial charge in [0, 0.05) is 29.3 Å². The molecule has 0 fully saturated rings. The number of rotatable bonds is 7. The first-order valence-corrected chi connectivity index (χ1v) is 9.99. The predicted molar refractivity (Wildman–Crippen MR) is 120 cm³/mol. The number of hydrogen-bond donors (Lipinski definition) is 3. The minimum absolute atomic E-state index is 0.144. The lowest BCUT2D eigenvalue weighted by Gasteiger charge is -2.18. The molecule has 1 amide bonds. The van der Waals surface area contributed by atoms with Crippen molar-refractivity contribution in [2.75, 3.05) is 6.54 Å². The maximum absolute atomic E-state index is 13.1. The normalized spacial score (nSPS) is 11.8. The molecule has 0 aliphatic carbocycles. The Bertz CT molecular complexity index is 1110. The fourth-order valence-electron chi connectivity index (χ4n) is 3.49. The van der Waals surface area contributed by atoms with E-state index >= 15 is 0 Å². The van der Waals surface area contributed by atoms with E-state index in [2.05, 4.69) is 15.5 Å². The zero-order valence-corrected chi connectivity index (χ0v) is 16.6. The van der Waals surface area contributed by atoms with Gasteiger partial charge in [-0.05, 0) is 24.1 Å². The van der Waals surface area contributed by atoms with Gasteiger partial charge < -0.3 is 11.1 Å². The Morgan fingerprint density at radius 1 is 0.933 bits per heavy atom. The van der Waals surface area contributed by atoms with Gasteiger partial charge in [-0.2, -0.15) is 5.10 Å². The van der Waals surface area contributed by atoms with E-state index in [0.29, 0.717) is 18.5 Å². The van der Waals surface area contributed by atoms with Crippen LogP contribution < -0.4 is 11.1 Å². The van der Waals surface area contributed by atoms with Gasteiger partial charge in [0.2, 0.25) is 0 Å². The summed E-state index contributed by atoms with van der Waals surface area (Å²) >= 11 is 0. The first-order chi connectivity index (χ1) is 14.7. The second-order valence-electron chi connectivity index (χ2n) is 7.17. The highest BCUT2D eigenvalue weighted by Crippen LogP contribution is 2.26. The second kappa shape index (κ2) is 9.20. The summed E-state index contributed by atoms with van der Waals surface area (Å²) in [7, 11) is 0. The van der Waals surface area contributed by atoms with Gasteiger partial charge in [0.15, 0.2) is 0 Å². The first-order valence-electron chi connectivity index (χ1n) is 9.99. The predicted octanol–water partition coefficient (Wildman–Crippen LogP) is 4.04. The van der Waals surface area contributed by atoms with E-state index < -0.39 is 0 Å². The molecule has 0 radical (unpaired) electrons. The van der Waals surface area contributed by atoms with Gasteiger partial charge in [-0.15, -0.1) is 0 Å². The number of amides is 1. The van der Waals surface area contributed by atoms with Gasteiger partial charge in [-0.25, -0.2) is 0 Å². The first kappa shape index (κ1) is 19.6. The third kappa shape index (κ3) is 4.47. The minimum atomic E-state index is -0.146. The van der Waals surface area contributed by atoms with E-state index in [0.717, 1.165) is 28.1 Å². The summed E-state index contributed by atoms with van der Waals surface area (Å²) in [6, 6.07) is 29.3. The molecule has 5 heteroatoms. The molecule has 0 aliphatic heterocycles. The average Bonchev–Trinajstić information content (AvgIpc) is 3.30. The number of benzene rings is 3. The van der Waals surface area contributed by atoms with E-state index in [4.69, 9.17) is 5.73 Å². The molecule has 4 aromatic rings. The third-order valence-corrected chi connectivity index (χ3v) is 5.05. The molecule has 30 heavy (non-hydrogen) atoms. The molecule has 150 valence electrons. The molecule has 0 saturated heterocycles. The highest BCUT2D eigenvalue weighted by molar-refractivity contribution is 6.00. The smallest absolute Gasteiger partial charge is 0.252 e. The number of carbonyl (C=O) groups excluding carboxylic acids is 1. The van der Waals surface area contributed by atoms with Crippen LogP contribution in [0.4, 0.5) is 0 Å². The Morgan fingerprint density at radius 3 is 2.33 bits per heavy atom. The van der Waals surface area contributed by atoms with Gasteiger partial charge in [-0.3, -0.25) is 9.89 Å². The van der Waals surface area contributed by atoms with Crippen molar-refractivity contribution in [1.29, 1.82) is 0 Å². The van der Waals surface area contributed by atoms with Crippen molar-refractivity contribution in [3.63, 3.8) is 0 Å². The summed E-state index contributed by atoms with van der Waals surface area (Å²) in [6.07, 6.45) is 0.688. The van der Waals surface area contributed by atoms with Gasteiger partial charge in [-0.1, -0.05) is 78.9 Å². The minimum Gasteiger partial charge on any atom is -0.348 e. The van der Waals surface area contributed by atoms with Crippen molar-refractivity contribution < 1.29 is 4.79 Å². The largest absolute Gasteiger partial charge is 0.348 e. The summed E-state index contributed by atoms with van der Waals surface area (Å²) in [5.74, 6) is -0.146. The zero-order chi connectivity index (χ0) is 20.8. The standard InChI is InChI=1S/C25H24N4O/c26-17-20(15-18-9-3-1-4-10-18)27-25(30)22-14-8-7-13-21(22)24-16-23(28-29-24)19-11-5-2-6-12-19/h1-14,16,20H,15,17,26H2,(H,27,30)(H,28,29)/t20-/m1/s1. The van der Waals surface area contributed by atoms with E-state index in [9.17, 15) is 4.79 Å². The summed E-state index contributed by atoms with van der Waals surface area (Å²) in [4.78, 5) is 13.1. The topological polar surface area (TPSA) is 83.8 Å². The molecule has 0 bridgehead atoms. The van der Waals surface area contributed by atoms with Gasteiger partial charge >= 0.3 is 0 Å². The van der Waals surface area contributed by atoms with Crippen LogP contribution in [0.15, 0.2) is 91.0 Å². The van der Waals surface area contributed by atoms with Crippen LogP contribution in [0.1, 0.15) is 15.9 Å². The molecule has 1 atom stereocenters. The number of nitrogens with two attached hydrogens (primary N) is 1. The van der Waals surface area contributed by atoms with E-state index in [-0.39, 0.29) is 11.9 Å². The van der Waals surface area contributed by atoms with Crippen molar-refractivity contribution >= 4 is 5.91 Å². The Hall–Kier alpha value is -3.70. The zero-order valence-electron chi connectivity index (χ0n) is 16.6. The second-order valence-corrected chi connectivity index (χ2v) is 7.17. The lowest BCUT2D eigenvalue weighted by atomic mass is 10.0. The van der Waals surface area contributed by atoms with Crippen LogP contribution in [0.2, 0.25) is 0 Å². The Balaban J connectivity index is 1.56. The van der Waals surface area contributed by atoms with Crippen molar-refractivity contribution in [2.24, 2.45) is 5.73 Å². The Morgan fingerprint density at radius 2 is 1.60 bits per heavy atom. The number of carbonyl (C=O) groups is 1. The molecule has 3 aromatic carbocycles. The maximum atomic E-state index is 13.1. The maximum Gasteiger partial charge on any atom is 0.252 e. The fourth-order valence-corrected chi connectivity index (χ4v) is 3.49. The van der Waals surface area contributed by atoms with E-state index in [1.807, 2.05) is 91.0 Å². The monoisotopic (exact) mass is 396 g/mol. The van der Waals surface area contributed by atoms with Crippen molar-refractivity contribution in [1.82, 2.24) is 15.5 Å². The molecule has 0 spiro atoms. The van der Waals surface area contributed by atoms with E-state index in [1.54, 1.807) is 0 Å². The Kier molecular flexibility index (Phi) is 6.01. The number of aromatic nitrogens is 2. The van der Waals surface area contributed by atoms with Crippen LogP contribution in [-0.4, -0.2) is 28.7 Å². The fraction of sp³-hybridized carbons (Fsp3) is 0.120. The molecule has 1 heterocycles. The van der Waals surface area contributed by atoms with E-state index in [1.165, 1.54) is 0 Å². The molecule has 0 aliphatic rings. The Labute approximate surface area is 176 Å². The quantitative estimate of drug-likeness (QED) is 0.441. The van der Waals surface area contributed by atoms with Crippen molar-refractivity contribution in [2.45, 2.75) is 12.5 Å².